The molecule has 0 saturated carbocycles. The van der Waals surface area contributed by atoms with Gasteiger partial charge in [-0.25, -0.2) is 9.37 Å². The van der Waals surface area contributed by atoms with E-state index in [4.69, 9.17) is 4.74 Å². The van der Waals surface area contributed by atoms with Crippen molar-refractivity contribution in [2.24, 2.45) is 0 Å². The first-order valence-corrected chi connectivity index (χ1v) is 7.46. The molecule has 6 heteroatoms. The number of H-pyrrole nitrogens is 1. The molecule has 1 aromatic heterocycles. The second kappa shape index (κ2) is 6.62. The Morgan fingerprint density at radius 2 is 1.92 bits per heavy atom. The number of para-hydroxylation sites is 1. The minimum absolute atomic E-state index is 0.186. The maximum Gasteiger partial charge on any atom is 0.311 e. The zero-order valence-electron chi connectivity index (χ0n) is 13.0. The summed E-state index contributed by atoms with van der Waals surface area (Å²) in [7, 11) is 0. The number of hydrogen-bond donors (Lipinski definition) is 1. The molecule has 3 rings (SSSR count). The third-order valence-electron chi connectivity index (χ3n) is 3.62. The summed E-state index contributed by atoms with van der Waals surface area (Å²) >= 11 is 0. The van der Waals surface area contributed by atoms with E-state index in [1.807, 2.05) is 0 Å². The summed E-state index contributed by atoms with van der Waals surface area (Å²) in [6, 6.07) is 12.9. The molecule has 24 heavy (non-hydrogen) atoms. The highest BCUT2D eigenvalue weighted by atomic mass is 19.1. The van der Waals surface area contributed by atoms with Crippen molar-refractivity contribution in [1.82, 2.24) is 9.97 Å². The lowest BCUT2D eigenvalue weighted by Gasteiger charge is -2.13. The monoisotopic (exact) mass is 326 g/mol. The summed E-state index contributed by atoms with van der Waals surface area (Å²) in [5, 5.41) is 0.464. The highest BCUT2D eigenvalue weighted by Gasteiger charge is 2.17. The fourth-order valence-electron chi connectivity index (χ4n) is 2.39. The Hall–Kier alpha value is -3.02. The average Bonchev–Trinajstić information content (AvgIpc) is 2.57. The molecule has 0 amide bonds. The molecule has 0 aliphatic rings. The van der Waals surface area contributed by atoms with Gasteiger partial charge in [0.05, 0.1) is 17.3 Å². The van der Waals surface area contributed by atoms with Gasteiger partial charge in [-0.2, -0.15) is 0 Å². The Morgan fingerprint density at radius 3 is 2.71 bits per heavy atom. The van der Waals surface area contributed by atoms with Gasteiger partial charge in [0.15, 0.2) is 11.9 Å². The number of aromatic nitrogens is 2. The van der Waals surface area contributed by atoms with Gasteiger partial charge >= 0.3 is 5.97 Å². The minimum Gasteiger partial charge on any atom is -0.454 e. The molecule has 0 fully saturated rings. The number of halogens is 1. The van der Waals surface area contributed by atoms with E-state index in [0.717, 1.165) is 0 Å². The Kier molecular flexibility index (Phi) is 4.37. The van der Waals surface area contributed by atoms with Gasteiger partial charge in [-0.1, -0.05) is 30.3 Å². The van der Waals surface area contributed by atoms with E-state index in [0.29, 0.717) is 10.9 Å². The smallest absolute Gasteiger partial charge is 0.311 e. The van der Waals surface area contributed by atoms with E-state index < -0.39 is 17.9 Å². The van der Waals surface area contributed by atoms with Gasteiger partial charge in [0, 0.05) is 0 Å². The molecule has 0 unspecified atom stereocenters. The number of nitrogens with one attached hydrogen (secondary N) is 1. The van der Waals surface area contributed by atoms with Crippen molar-refractivity contribution in [2.45, 2.75) is 19.4 Å². The number of fused-ring (bicyclic) bond motifs is 1. The van der Waals surface area contributed by atoms with Crippen LogP contribution < -0.4 is 5.56 Å². The van der Waals surface area contributed by atoms with Gasteiger partial charge in [0.25, 0.3) is 5.56 Å². The van der Waals surface area contributed by atoms with Crippen LogP contribution in [0.25, 0.3) is 10.9 Å². The van der Waals surface area contributed by atoms with Crippen LogP contribution in [-0.2, 0) is 16.0 Å². The Bertz CT molecular complexity index is 952. The topological polar surface area (TPSA) is 72.0 Å². The summed E-state index contributed by atoms with van der Waals surface area (Å²) in [6.45, 7) is 1.60. The van der Waals surface area contributed by atoms with Crippen molar-refractivity contribution in [1.29, 1.82) is 0 Å². The van der Waals surface area contributed by atoms with Gasteiger partial charge in [-0.3, -0.25) is 9.59 Å². The Balaban J connectivity index is 1.77. The van der Waals surface area contributed by atoms with E-state index in [2.05, 4.69) is 9.97 Å². The predicted molar refractivity (Wildman–Crippen MR) is 87.0 cm³/mol. The van der Waals surface area contributed by atoms with Gasteiger partial charge in [0.2, 0.25) is 0 Å². The molecule has 1 atom stereocenters. The van der Waals surface area contributed by atoms with E-state index in [-0.39, 0.29) is 23.4 Å². The van der Waals surface area contributed by atoms with Crippen LogP contribution in [0.2, 0.25) is 0 Å². The number of carbonyl (C=O) groups excluding carboxylic acids is 1. The maximum atomic E-state index is 13.6. The first kappa shape index (κ1) is 15.9. The van der Waals surface area contributed by atoms with Crippen LogP contribution in [0.4, 0.5) is 4.39 Å². The van der Waals surface area contributed by atoms with Crippen molar-refractivity contribution < 1.29 is 13.9 Å². The largest absolute Gasteiger partial charge is 0.454 e. The predicted octanol–water partition coefficient (Wildman–Crippen LogP) is 2.91. The van der Waals surface area contributed by atoms with Crippen LogP contribution in [0.1, 0.15) is 24.4 Å². The molecular formula is C18H15FN2O3. The van der Waals surface area contributed by atoms with Crippen LogP contribution in [0.15, 0.2) is 53.3 Å². The number of benzene rings is 2. The second-order valence-electron chi connectivity index (χ2n) is 5.37. The van der Waals surface area contributed by atoms with Gasteiger partial charge < -0.3 is 9.72 Å². The first-order valence-electron chi connectivity index (χ1n) is 7.46. The molecule has 1 heterocycles. The van der Waals surface area contributed by atoms with Gasteiger partial charge in [-0.05, 0) is 30.7 Å². The average molecular weight is 326 g/mol. The van der Waals surface area contributed by atoms with Crippen LogP contribution >= 0.6 is 0 Å². The lowest BCUT2D eigenvalue weighted by atomic mass is 10.1. The van der Waals surface area contributed by atoms with Crippen molar-refractivity contribution in [2.75, 3.05) is 0 Å². The number of aromatic amines is 1. The van der Waals surface area contributed by atoms with E-state index in [9.17, 15) is 14.0 Å². The molecule has 2 aromatic carbocycles. The number of nitrogens with zero attached hydrogens (tertiary/aromatic N) is 1. The fourth-order valence-corrected chi connectivity index (χ4v) is 2.39. The standard InChI is InChI=1S/C18H15FN2O3/c1-11(24-16(22)10-12-6-2-4-8-14(12)19)17-20-15-9-5-3-7-13(15)18(23)21-17/h2-9,11H,10H2,1H3,(H,20,21,23)/t11-/m0/s1. The summed E-state index contributed by atoms with van der Waals surface area (Å²) in [6.07, 6.45) is -0.934. The molecule has 0 saturated heterocycles. The summed E-state index contributed by atoms with van der Waals surface area (Å²) in [5.74, 6) is -0.802. The summed E-state index contributed by atoms with van der Waals surface area (Å²) < 4.78 is 18.8. The molecule has 0 bridgehead atoms. The van der Waals surface area contributed by atoms with Crippen LogP contribution in [0, 0.1) is 5.82 Å². The second-order valence-corrected chi connectivity index (χ2v) is 5.37. The van der Waals surface area contributed by atoms with Crippen molar-refractivity contribution in [3.05, 3.63) is 76.1 Å². The Morgan fingerprint density at radius 1 is 1.21 bits per heavy atom. The third kappa shape index (κ3) is 3.32. The Labute approximate surface area is 137 Å². The molecule has 3 aromatic rings. The zero-order chi connectivity index (χ0) is 17.1. The first-order chi connectivity index (χ1) is 11.5. The molecule has 0 aliphatic carbocycles. The molecule has 0 spiro atoms. The molecule has 1 N–H and O–H groups in total. The van der Waals surface area contributed by atoms with Crippen molar-refractivity contribution >= 4 is 16.9 Å². The van der Waals surface area contributed by atoms with E-state index in [1.54, 1.807) is 43.3 Å². The number of esters is 1. The minimum atomic E-state index is -0.749. The SMILES string of the molecule is C[C@H](OC(=O)Cc1ccccc1F)c1nc2ccccc2c(=O)[nH]1. The molecule has 5 nitrogen and oxygen atoms in total. The lowest BCUT2D eigenvalue weighted by molar-refractivity contribution is -0.148. The van der Waals surface area contributed by atoms with Crippen LogP contribution in [0.3, 0.4) is 0 Å². The van der Waals surface area contributed by atoms with Crippen LogP contribution in [-0.4, -0.2) is 15.9 Å². The van der Waals surface area contributed by atoms with Gasteiger partial charge in [0.1, 0.15) is 5.82 Å². The summed E-state index contributed by atoms with van der Waals surface area (Å²) in [5.41, 5.74) is 0.482. The van der Waals surface area contributed by atoms with Crippen molar-refractivity contribution in [3.63, 3.8) is 0 Å². The quantitative estimate of drug-likeness (QED) is 0.748. The van der Waals surface area contributed by atoms with Crippen molar-refractivity contribution in [3.8, 4) is 0 Å². The lowest BCUT2D eigenvalue weighted by Crippen LogP contribution is -2.18. The van der Waals surface area contributed by atoms with Gasteiger partial charge in [-0.15, -0.1) is 0 Å². The van der Waals surface area contributed by atoms with Crippen LogP contribution in [0.5, 0.6) is 0 Å². The molecular weight excluding hydrogens is 311 g/mol. The highest BCUT2D eigenvalue weighted by Crippen LogP contribution is 2.16. The number of hydrogen-bond acceptors (Lipinski definition) is 4. The normalized spacial score (nSPS) is 12.1. The molecule has 122 valence electrons. The highest BCUT2D eigenvalue weighted by molar-refractivity contribution is 5.77. The zero-order valence-corrected chi connectivity index (χ0v) is 13.0. The molecule has 0 aliphatic heterocycles. The molecule has 0 radical (unpaired) electrons. The van der Waals surface area contributed by atoms with E-state index in [1.165, 1.54) is 12.1 Å². The number of ether oxygens (including phenoxy) is 1. The van der Waals surface area contributed by atoms with E-state index >= 15 is 0 Å². The number of rotatable bonds is 4. The fraction of sp³-hybridized carbons (Fsp3) is 0.167. The summed E-state index contributed by atoms with van der Waals surface area (Å²) in [4.78, 5) is 30.9. The maximum absolute atomic E-state index is 13.6. The number of carbonyl (C=O) groups is 1. The third-order valence-corrected chi connectivity index (χ3v) is 3.62.